The van der Waals surface area contributed by atoms with Gasteiger partial charge in [-0.15, -0.1) is 0 Å². The highest BCUT2D eigenvalue weighted by atomic mass is 19.4. The number of hydrogen-bond donors (Lipinski definition) is 2. The standard InChI is InChI=1S/C14H9F6N3O4/c15-13(16,17)5-8(11(25)26)21-10(24)7-3-1-6(2-4-7)9-22-12(27-23-9)14(18,19)20/h1-4,8H,5H2,(H,21,24)(H,25,26). The van der Waals surface area contributed by atoms with Crippen molar-refractivity contribution in [2.24, 2.45) is 0 Å². The molecular formula is C14H9F6N3O4. The summed E-state index contributed by atoms with van der Waals surface area (Å²) in [5, 5.41) is 13.6. The predicted octanol–water partition coefficient (Wildman–Crippen LogP) is 2.89. The number of amides is 1. The van der Waals surface area contributed by atoms with Gasteiger partial charge >= 0.3 is 24.2 Å². The first-order valence-electron chi connectivity index (χ1n) is 6.98. The van der Waals surface area contributed by atoms with Crippen LogP contribution in [0.4, 0.5) is 26.3 Å². The lowest BCUT2D eigenvalue weighted by molar-refractivity contribution is -0.159. The highest BCUT2D eigenvalue weighted by molar-refractivity contribution is 5.96. The Morgan fingerprint density at radius 3 is 2.15 bits per heavy atom. The van der Waals surface area contributed by atoms with E-state index < -0.39 is 48.4 Å². The Kier molecular flexibility index (Phi) is 5.42. The number of nitrogens with zero attached hydrogens (tertiary/aromatic N) is 2. The van der Waals surface area contributed by atoms with E-state index >= 15 is 0 Å². The SMILES string of the molecule is O=C(NC(CC(F)(F)F)C(=O)O)c1ccc(-c2noc(C(F)(F)F)n2)cc1. The quantitative estimate of drug-likeness (QED) is 0.752. The van der Waals surface area contributed by atoms with E-state index in [2.05, 4.69) is 14.7 Å². The van der Waals surface area contributed by atoms with E-state index in [1.807, 2.05) is 0 Å². The third-order valence-corrected chi connectivity index (χ3v) is 3.11. The minimum Gasteiger partial charge on any atom is -0.480 e. The summed E-state index contributed by atoms with van der Waals surface area (Å²) in [6, 6.07) is 2.17. The Morgan fingerprint density at radius 1 is 1.11 bits per heavy atom. The average Bonchev–Trinajstić information content (AvgIpc) is 3.03. The monoisotopic (exact) mass is 397 g/mol. The molecule has 0 radical (unpaired) electrons. The van der Waals surface area contributed by atoms with Crippen LogP contribution in [0, 0.1) is 0 Å². The van der Waals surface area contributed by atoms with Gasteiger partial charge in [-0.25, -0.2) is 4.79 Å². The van der Waals surface area contributed by atoms with Crippen LogP contribution in [0.1, 0.15) is 22.7 Å². The van der Waals surface area contributed by atoms with E-state index in [1.54, 1.807) is 5.32 Å². The largest absolute Gasteiger partial charge is 0.480 e. The smallest absolute Gasteiger partial charge is 0.471 e. The minimum atomic E-state index is -4.84. The van der Waals surface area contributed by atoms with Gasteiger partial charge in [-0.2, -0.15) is 31.3 Å². The van der Waals surface area contributed by atoms with Gasteiger partial charge in [0.25, 0.3) is 5.91 Å². The summed E-state index contributed by atoms with van der Waals surface area (Å²) in [4.78, 5) is 25.9. The Labute approximate surface area is 146 Å². The number of aliphatic carboxylic acids is 1. The van der Waals surface area contributed by atoms with E-state index in [9.17, 15) is 35.9 Å². The normalized spacial score (nSPS) is 13.3. The van der Waals surface area contributed by atoms with Crippen molar-refractivity contribution in [3.8, 4) is 11.4 Å². The average molecular weight is 397 g/mol. The summed E-state index contributed by atoms with van der Waals surface area (Å²) in [7, 11) is 0. The Morgan fingerprint density at radius 2 is 1.70 bits per heavy atom. The molecule has 0 fully saturated rings. The van der Waals surface area contributed by atoms with E-state index in [0.717, 1.165) is 24.3 Å². The van der Waals surface area contributed by atoms with Crippen LogP contribution in [-0.4, -0.2) is 39.3 Å². The number of hydrogen-bond acceptors (Lipinski definition) is 5. The molecule has 1 amide bonds. The Balaban J connectivity index is 2.13. The van der Waals surface area contributed by atoms with Gasteiger partial charge in [-0.05, 0) is 12.1 Å². The molecular weight excluding hydrogens is 388 g/mol. The van der Waals surface area contributed by atoms with Crippen molar-refractivity contribution in [3.05, 3.63) is 35.7 Å². The maximum atomic E-state index is 12.4. The van der Waals surface area contributed by atoms with Crippen molar-refractivity contribution in [2.45, 2.75) is 24.8 Å². The molecule has 2 N–H and O–H groups in total. The van der Waals surface area contributed by atoms with Crippen LogP contribution in [0.5, 0.6) is 0 Å². The summed E-state index contributed by atoms with van der Waals surface area (Å²) < 4.78 is 78.3. The van der Waals surface area contributed by atoms with Crippen LogP contribution in [0.25, 0.3) is 11.4 Å². The van der Waals surface area contributed by atoms with Gasteiger partial charge in [-0.3, -0.25) is 4.79 Å². The van der Waals surface area contributed by atoms with E-state index in [4.69, 9.17) is 5.11 Å². The molecule has 2 aromatic rings. The number of carbonyl (C=O) groups is 2. The molecule has 1 aromatic heterocycles. The molecule has 0 aliphatic heterocycles. The number of carbonyl (C=O) groups excluding carboxylic acids is 1. The molecule has 1 unspecified atom stereocenters. The zero-order valence-corrected chi connectivity index (χ0v) is 12.9. The summed E-state index contributed by atoms with van der Waals surface area (Å²) in [6.07, 6.45) is -11.4. The van der Waals surface area contributed by atoms with Crippen LogP contribution in [-0.2, 0) is 11.0 Å². The van der Waals surface area contributed by atoms with E-state index in [1.165, 1.54) is 0 Å². The van der Waals surface area contributed by atoms with Gasteiger partial charge in [0.05, 0.1) is 6.42 Å². The van der Waals surface area contributed by atoms with Crippen molar-refractivity contribution < 1.29 is 45.6 Å². The number of aromatic nitrogens is 2. The predicted molar refractivity (Wildman–Crippen MR) is 74.3 cm³/mol. The number of halogens is 6. The van der Waals surface area contributed by atoms with Crippen molar-refractivity contribution in [2.75, 3.05) is 0 Å². The number of carboxylic acid groups (broad SMARTS) is 1. The second-order valence-corrected chi connectivity index (χ2v) is 5.18. The molecule has 1 aromatic carbocycles. The second-order valence-electron chi connectivity index (χ2n) is 5.18. The van der Waals surface area contributed by atoms with E-state index in [-0.39, 0.29) is 11.1 Å². The summed E-state index contributed by atoms with van der Waals surface area (Å²) in [5.41, 5.74) is -0.178. The van der Waals surface area contributed by atoms with Gasteiger partial charge in [0.1, 0.15) is 6.04 Å². The molecule has 13 heteroatoms. The van der Waals surface area contributed by atoms with Gasteiger partial charge in [0, 0.05) is 11.1 Å². The minimum absolute atomic E-state index is 0.0378. The van der Waals surface area contributed by atoms with Crippen LogP contribution < -0.4 is 5.32 Å². The number of benzene rings is 1. The van der Waals surface area contributed by atoms with E-state index in [0.29, 0.717) is 0 Å². The van der Waals surface area contributed by atoms with Crippen molar-refractivity contribution in [1.82, 2.24) is 15.5 Å². The molecule has 1 atom stereocenters. The third kappa shape index (κ3) is 5.43. The zero-order chi connectivity index (χ0) is 20.4. The van der Waals surface area contributed by atoms with Gasteiger partial charge < -0.3 is 14.9 Å². The first-order chi connectivity index (χ1) is 12.4. The van der Waals surface area contributed by atoms with Gasteiger partial charge in [0.2, 0.25) is 5.82 Å². The lowest BCUT2D eigenvalue weighted by atomic mass is 10.1. The fourth-order valence-electron chi connectivity index (χ4n) is 1.90. The fraction of sp³-hybridized carbons (Fsp3) is 0.286. The Bertz CT molecular complexity index is 829. The van der Waals surface area contributed by atoms with Crippen LogP contribution in [0.15, 0.2) is 28.8 Å². The number of alkyl halides is 6. The molecule has 0 aliphatic rings. The third-order valence-electron chi connectivity index (χ3n) is 3.11. The lowest BCUT2D eigenvalue weighted by Gasteiger charge is -2.16. The maximum absolute atomic E-state index is 12.4. The van der Waals surface area contributed by atoms with Crippen molar-refractivity contribution in [3.63, 3.8) is 0 Å². The number of carboxylic acids is 1. The Hall–Kier alpha value is -3.12. The molecule has 2 rings (SSSR count). The summed E-state index contributed by atoms with van der Waals surface area (Å²) >= 11 is 0. The topological polar surface area (TPSA) is 105 Å². The first kappa shape index (κ1) is 20.2. The van der Waals surface area contributed by atoms with Crippen LogP contribution >= 0.6 is 0 Å². The summed E-state index contributed by atoms with van der Waals surface area (Å²) in [6.45, 7) is 0. The molecule has 0 aliphatic carbocycles. The molecule has 27 heavy (non-hydrogen) atoms. The highest BCUT2D eigenvalue weighted by Gasteiger charge is 2.38. The molecule has 0 saturated heterocycles. The van der Waals surface area contributed by atoms with Gasteiger partial charge in [-0.1, -0.05) is 17.3 Å². The number of rotatable bonds is 5. The fourth-order valence-corrected chi connectivity index (χ4v) is 1.90. The molecule has 146 valence electrons. The van der Waals surface area contributed by atoms with Crippen molar-refractivity contribution >= 4 is 11.9 Å². The maximum Gasteiger partial charge on any atom is 0.471 e. The van der Waals surface area contributed by atoms with Crippen LogP contribution in [0.3, 0.4) is 0 Å². The van der Waals surface area contributed by atoms with Gasteiger partial charge in [0.15, 0.2) is 0 Å². The molecule has 1 heterocycles. The molecule has 7 nitrogen and oxygen atoms in total. The second kappa shape index (κ2) is 7.25. The number of nitrogens with one attached hydrogen (secondary N) is 1. The highest BCUT2D eigenvalue weighted by Crippen LogP contribution is 2.29. The zero-order valence-electron chi connectivity index (χ0n) is 12.9. The first-order valence-corrected chi connectivity index (χ1v) is 6.98. The van der Waals surface area contributed by atoms with Crippen molar-refractivity contribution in [1.29, 1.82) is 0 Å². The molecule has 0 bridgehead atoms. The molecule has 0 saturated carbocycles. The lowest BCUT2D eigenvalue weighted by Crippen LogP contribution is -2.43. The van der Waals surface area contributed by atoms with Crippen LogP contribution in [0.2, 0.25) is 0 Å². The summed E-state index contributed by atoms with van der Waals surface area (Å²) in [5.74, 6) is -4.98. The molecule has 0 spiro atoms.